The average Bonchev–Trinajstić information content (AvgIpc) is 2.33. The number of nitrogens with one attached hydrogen (secondary N) is 1. The Bertz CT molecular complexity index is 499. The van der Waals surface area contributed by atoms with Gasteiger partial charge in [0.25, 0.3) is 5.91 Å². The number of ether oxygens (including phenoxy) is 2. The maximum absolute atomic E-state index is 11.2. The van der Waals surface area contributed by atoms with Crippen molar-refractivity contribution in [1.29, 1.82) is 0 Å². The normalized spacial score (nSPS) is 11.7. The summed E-state index contributed by atoms with van der Waals surface area (Å²) in [7, 11) is 0. The van der Waals surface area contributed by atoms with Crippen LogP contribution >= 0.6 is 11.6 Å². The van der Waals surface area contributed by atoms with Gasteiger partial charge in [0.1, 0.15) is 5.82 Å². The van der Waals surface area contributed by atoms with Gasteiger partial charge < -0.3 is 26.3 Å². The molecule has 0 fully saturated rings. The summed E-state index contributed by atoms with van der Waals surface area (Å²) in [5.41, 5.74) is 10.1. The number of halogens is 1. The van der Waals surface area contributed by atoms with Gasteiger partial charge in [-0.05, 0) is 18.5 Å². The number of nitrogens with two attached hydrogens (primary N) is 2. The van der Waals surface area contributed by atoms with Crippen molar-refractivity contribution < 1.29 is 19.1 Å². The lowest BCUT2D eigenvalue weighted by Crippen LogP contribution is -2.25. The Morgan fingerprint density at radius 2 is 2.20 bits per heavy atom. The van der Waals surface area contributed by atoms with Gasteiger partial charge in [0.2, 0.25) is 11.6 Å². The van der Waals surface area contributed by atoms with Crippen LogP contribution in [0.4, 0.5) is 10.6 Å². The summed E-state index contributed by atoms with van der Waals surface area (Å²) in [6, 6.07) is 0. The standard InChI is InChI=1S/C10H14ClN5O4/c1-5(20-10(13)18)19-3-2-14-8-6(7(12)17)4-15-9(11)16-8/h4-5H,2-3H2,1H3,(H2,12,17)(H2,13,18)(H,14,15,16). The molecule has 1 heterocycles. The minimum atomic E-state index is -0.927. The molecule has 110 valence electrons. The van der Waals surface area contributed by atoms with Gasteiger partial charge in [-0.15, -0.1) is 0 Å². The minimum Gasteiger partial charge on any atom is -0.420 e. The third kappa shape index (κ3) is 5.24. The molecule has 9 nitrogen and oxygen atoms in total. The molecule has 2 amide bonds. The van der Waals surface area contributed by atoms with Crippen LogP contribution < -0.4 is 16.8 Å². The van der Waals surface area contributed by atoms with Gasteiger partial charge >= 0.3 is 6.09 Å². The summed E-state index contributed by atoms with van der Waals surface area (Å²) in [5, 5.41) is 2.79. The fourth-order valence-corrected chi connectivity index (χ4v) is 1.40. The molecular formula is C10H14ClN5O4. The predicted octanol–water partition coefficient (Wildman–Crippen LogP) is 0.0987. The minimum absolute atomic E-state index is 0.0242. The van der Waals surface area contributed by atoms with E-state index in [9.17, 15) is 9.59 Å². The first-order valence-electron chi connectivity index (χ1n) is 5.54. The molecule has 0 aliphatic rings. The van der Waals surface area contributed by atoms with Crippen molar-refractivity contribution in [3.05, 3.63) is 17.0 Å². The van der Waals surface area contributed by atoms with Gasteiger partial charge in [0.05, 0.1) is 12.2 Å². The van der Waals surface area contributed by atoms with E-state index in [2.05, 4.69) is 20.0 Å². The molecule has 1 aromatic heterocycles. The molecule has 1 aromatic rings. The molecule has 5 N–H and O–H groups in total. The van der Waals surface area contributed by atoms with Gasteiger partial charge in [-0.2, -0.15) is 4.98 Å². The van der Waals surface area contributed by atoms with Crippen molar-refractivity contribution in [1.82, 2.24) is 9.97 Å². The highest BCUT2D eigenvalue weighted by molar-refractivity contribution is 6.28. The first-order chi connectivity index (χ1) is 9.40. The second-order valence-electron chi connectivity index (χ2n) is 3.57. The molecule has 0 spiro atoms. The number of nitrogens with zero attached hydrogens (tertiary/aromatic N) is 2. The van der Waals surface area contributed by atoms with Crippen LogP contribution in [0.3, 0.4) is 0 Å². The molecule has 0 aliphatic heterocycles. The smallest absolute Gasteiger partial charge is 0.406 e. The number of hydrogen-bond acceptors (Lipinski definition) is 7. The van der Waals surface area contributed by atoms with Gasteiger partial charge in [-0.1, -0.05) is 0 Å². The van der Waals surface area contributed by atoms with E-state index in [0.717, 1.165) is 0 Å². The van der Waals surface area contributed by atoms with E-state index in [4.69, 9.17) is 27.8 Å². The number of amides is 2. The Hall–Kier alpha value is -2.13. The summed E-state index contributed by atoms with van der Waals surface area (Å²) < 4.78 is 9.68. The highest BCUT2D eigenvalue weighted by Gasteiger charge is 2.11. The molecule has 1 unspecified atom stereocenters. The monoisotopic (exact) mass is 303 g/mol. The Morgan fingerprint density at radius 3 is 2.80 bits per heavy atom. The number of aromatic nitrogens is 2. The number of rotatable bonds is 7. The summed E-state index contributed by atoms with van der Waals surface area (Å²) in [6.07, 6.45) is -0.484. The summed E-state index contributed by atoms with van der Waals surface area (Å²) in [5.74, 6) is -0.486. The predicted molar refractivity (Wildman–Crippen MR) is 70.1 cm³/mol. The number of anilines is 1. The lowest BCUT2D eigenvalue weighted by Gasteiger charge is -2.13. The largest absolute Gasteiger partial charge is 0.420 e. The summed E-state index contributed by atoms with van der Waals surface area (Å²) in [4.78, 5) is 29.1. The fourth-order valence-electron chi connectivity index (χ4n) is 1.27. The van der Waals surface area contributed by atoms with Crippen LogP contribution in [0.1, 0.15) is 17.3 Å². The third-order valence-corrected chi connectivity index (χ3v) is 2.24. The molecule has 0 bridgehead atoms. The molecule has 10 heteroatoms. The zero-order valence-electron chi connectivity index (χ0n) is 10.6. The highest BCUT2D eigenvalue weighted by Crippen LogP contribution is 2.13. The topological polar surface area (TPSA) is 142 Å². The fraction of sp³-hybridized carbons (Fsp3) is 0.400. The van der Waals surface area contributed by atoms with Crippen molar-refractivity contribution in [3.8, 4) is 0 Å². The molecule has 1 rings (SSSR count). The van der Waals surface area contributed by atoms with Crippen LogP contribution in [-0.4, -0.2) is 41.4 Å². The van der Waals surface area contributed by atoms with E-state index in [1.54, 1.807) is 0 Å². The van der Waals surface area contributed by atoms with E-state index < -0.39 is 18.3 Å². The van der Waals surface area contributed by atoms with Crippen LogP contribution in [0.2, 0.25) is 5.28 Å². The Balaban J connectivity index is 2.47. The second-order valence-corrected chi connectivity index (χ2v) is 3.91. The molecule has 0 saturated heterocycles. The van der Waals surface area contributed by atoms with Crippen LogP contribution in [0.25, 0.3) is 0 Å². The Labute approximate surface area is 119 Å². The summed E-state index contributed by atoms with van der Waals surface area (Å²) in [6.45, 7) is 1.97. The number of hydrogen-bond donors (Lipinski definition) is 3. The van der Waals surface area contributed by atoms with Crippen molar-refractivity contribution in [3.63, 3.8) is 0 Å². The first kappa shape index (κ1) is 15.9. The maximum atomic E-state index is 11.2. The molecule has 0 aromatic carbocycles. The zero-order valence-corrected chi connectivity index (χ0v) is 11.4. The number of carbonyl (C=O) groups excluding carboxylic acids is 2. The Kier molecular flexibility index (Phi) is 5.94. The van der Waals surface area contributed by atoms with Gasteiger partial charge in [0, 0.05) is 12.7 Å². The van der Waals surface area contributed by atoms with E-state index in [1.165, 1.54) is 13.1 Å². The zero-order chi connectivity index (χ0) is 15.1. The SMILES string of the molecule is CC(OCCNc1nc(Cl)ncc1C(N)=O)OC(N)=O. The maximum Gasteiger partial charge on any atom is 0.406 e. The summed E-state index contributed by atoms with van der Waals surface area (Å²) >= 11 is 5.63. The average molecular weight is 304 g/mol. The van der Waals surface area contributed by atoms with E-state index in [-0.39, 0.29) is 29.8 Å². The van der Waals surface area contributed by atoms with Gasteiger partial charge in [-0.25, -0.2) is 9.78 Å². The molecule has 0 radical (unpaired) electrons. The van der Waals surface area contributed by atoms with Crippen LogP contribution in [-0.2, 0) is 9.47 Å². The van der Waals surface area contributed by atoms with E-state index in [0.29, 0.717) is 0 Å². The second kappa shape index (κ2) is 7.46. The molecule has 0 aliphatic carbocycles. The van der Waals surface area contributed by atoms with Crippen LogP contribution in [0.15, 0.2) is 6.20 Å². The molecule has 1 atom stereocenters. The van der Waals surface area contributed by atoms with Crippen molar-refractivity contribution in [2.24, 2.45) is 11.5 Å². The third-order valence-electron chi connectivity index (χ3n) is 2.05. The Morgan fingerprint density at radius 1 is 1.50 bits per heavy atom. The highest BCUT2D eigenvalue weighted by atomic mass is 35.5. The van der Waals surface area contributed by atoms with Crippen LogP contribution in [0.5, 0.6) is 0 Å². The van der Waals surface area contributed by atoms with Crippen molar-refractivity contribution >= 4 is 29.4 Å². The van der Waals surface area contributed by atoms with Crippen LogP contribution in [0, 0.1) is 0 Å². The van der Waals surface area contributed by atoms with E-state index in [1.807, 2.05) is 0 Å². The van der Waals surface area contributed by atoms with Crippen molar-refractivity contribution in [2.75, 3.05) is 18.5 Å². The number of carbonyl (C=O) groups is 2. The quantitative estimate of drug-likeness (QED) is 0.368. The lowest BCUT2D eigenvalue weighted by molar-refractivity contribution is -0.0851. The van der Waals surface area contributed by atoms with Crippen molar-refractivity contribution in [2.45, 2.75) is 13.2 Å². The number of primary amides is 2. The van der Waals surface area contributed by atoms with Gasteiger partial charge in [0.15, 0.2) is 0 Å². The molecule has 0 saturated carbocycles. The van der Waals surface area contributed by atoms with Gasteiger partial charge in [-0.3, -0.25) is 4.79 Å². The first-order valence-corrected chi connectivity index (χ1v) is 5.92. The molecule has 20 heavy (non-hydrogen) atoms. The lowest BCUT2D eigenvalue weighted by atomic mass is 10.3. The van der Waals surface area contributed by atoms with E-state index >= 15 is 0 Å². The molecular weight excluding hydrogens is 290 g/mol.